The van der Waals surface area contributed by atoms with Crippen LogP contribution in [0.4, 0.5) is 0 Å². The highest BCUT2D eigenvalue weighted by Crippen LogP contribution is 2.23. The largest absolute Gasteiger partial charge is 0.387 e. The third kappa shape index (κ3) is 1.65. The van der Waals surface area contributed by atoms with Crippen LogP contribution in [0, 0.1) is 0 Å². The predicted octanol–water partition coefficient (Wildman–Crippen LogP) is 2.84. The molecule has 0 saturated heterocycles. The predicted molar refractivity (Wildman–Crippen MR) is 67.7 cm³/mol. The smallest absolute Gasteiger partial charge is 0.0969 e. The van der Waals surface area contributed by atoms with Gasteiger partial charge in [-0.3, -0.25) is 4.98 Å². The van der Waals surface area contributed by atoms with Gasteiger partial charge in [0.25, 0.3) is 0 Å². The molecule has 1 unspecified atom stereocenters. The fourth-order valence-corrected chi connectivity index (χ4v) is 1.97. The molecule has 3 heteroatoms. The second kappa shape index (κ2) is 3.79. The molecule has 0 fully saturated rings. The molecule has 0 radical (unpaired) electrons. The van der Waals surface area contributed by atoms with E-state index in [1.807, 2.05) is 36.4 Å². The van der Waals surface area contributed by atoms with Crippen LogP contribution in [0.2, 0.25) is 0 Å². The molecule has 3 rings (SSSR count). The zero-order valence-corrected chi connectivity index (χ0v) is 9.46. The van der Waals surface area contributed by atoms with Crippen molar-refractivity contribution in [1.82, 2.24) is 9.97 Å². The lowest BCUT2D eigenvalue weighted by molar-refractivity contribution is 0.195. The molecule has 1 aromatic carbocycles. The first-order valence-corrected chi connectivity index (χ1v) is 5.58. The van der Waals surface area contributed by atoms with Gasteiger partial charge in [-0.1, -0.05) is 24.3 Å². The second-order valence-electron chi connectivity index (χ2n) is 4.12. The quantitative estimate of drug-likeness (QED) is 0.646. The molecule has 3 aromatic rings. The van der Waals surface area contributed by atoms with E-state index < -0.39 is 6.10 Å². The van der Waals surface area contributed by atoms with E-state index >= 15 is 0 Å². The first-order valence-electron chi connectivity index (χ1n) is 5.58. The summed E-state index contributed by atoms with van der Waals surface area (Å²) in [5, 5.41) is 11.7. The molecular weight excluding hydrogens is 212 g/mol. The van der Waals surface area contributed by atoms with Gasteiger partial charge in [-0.25, -0.2) is 4.98 Å². The topological polar surface area (TPSA) is 46.0 Å². The second-order valence-corrected chi connectivity index (χ2v) is 4.12. The third-order valence-corrected chi connectivity index (χ3v) is 2.88. The van der Waals surface area contributed by atoms with Crippen molar-refractivity contribution < 1.29 is 5.11 Å². The fraction of sp³-hybridized carbons (Fsp3) is 0.143. The summed E-state index contributed by atoms with van der Waals surface area (Å²) >= 11 is 0. The minimum absolute atomic E-state index is 0.557. The third-order valence-electron chi connectivity index (χ3n) is 2.88. The molecule has 1 atom stereocenters. The minimum Gasteiger partial charge on any atom is -0.387 e. The molecule has 2 heterocycles. The molecule has 0 aliphatic rings. The Balaban J connectivity index is 2.42. The lowest BCUT2D eigenvalue weighted by atomic mass is 10.1. The molecule has 84 valence electrons. The van der Waals surface area contributed by atoms with Crippen molar-refractivity contribution in [3.05, 3.63) is 48.3 Å². The van der Waals surface area contributed by atoms with Crippen molar-refractivity contribution in [3.8, 4) is 0 Å². The van der Waals surface area contributed by atoms with Crippen LogP contribution in [0.15, 0.2) is 42.6 Å². The van der Waals surface area contributed by atoms with Crippen LogP contribution in [0.5, 0.6) is 0 Å². The molecule has 0 aliphatic heterocycles. The zero-order chi connectivity index (χ0) is 11.8. The van der Waals surface area contributed by atoms with Gasteiger partial charge >= 0.3 is 0 Å². The fourth-order valence-electron chi connectivity index (χ4n) is 1.97. The summed E-state index contributed by atoms with van der Waals surface area (Å²) < 4.78 is 0. The van der Waals surface area contributed by atoms with Gasteiger partial charge in [0, 0.05) is 17.0 Å². The highest BCUT2D eigenvalue weighted by atomic mass is 16.3. The number of aliphatic hydroxyl groups excluding tert-OH is 1. The number of aliphatic hydroxyl groups is 1. The number of aromatic nitrogens is 2. The van der Waals surface area contributed by atoms with Crippen molar-refractivity contribution in [2.75, 3.05) is 0 Å². The van der Waals surface area contributed by atoms with Gasteiger partial charge in [-0.2, -0.15) is 0 Å². The van der Waals surface area contributed by atoms with Crippen LogP contribution in [-0.4, -0.2) is 15.1 Å². The van der Waals surface area contributed by atoms with Crippen LogP contribution in [0.3, 0.4) is 0 Å². The summed E-state index contributed by atoms with van der Waals surface area (Å²) in [4.78, 5) is 8.86. The van der Waals surface area contributed by atoms with E-state index in [4.69, 9.17) is 0 Å². The van der Waals surface area contributed by atoms with E-state index in [9.17, 15) is 5.11 Å². The van der Waals surface area contributed by atoms with Crippen LogP contribution >= 0.6 is 0 Å². The Morgan fingerprint density at radius 2 is 1.71 bits per heavy atom. The average molecular weight is 224 g/mol. The molecule has 3 nitrogen and oxygen atoms in total. The summed E-state index contributed by atoms with van der Waals surface area (Å²) in [7, 11) is 0. The van der Waals surface area contributed by atoms with Crippen LogP contribution < -0.4 is 0 Å². The summed E-state index contributed by atoms with van der Waals surface area (Å²) in [6.07, 6.45) is 1.21. The number of nitrogens with zero attached hydrogens (tertiary/aromatic N) is 2. The highest BCUT2D eigenvalue weighted by molar-refractivity contribution is 6.02. The number of benzene rings is 1. The molecule has 1 N–H and O–H groups in total. The van der Waals surface area contributed by atoms with Gasteiger partial charge in [0.05, 0.1) is 22.8 Å². The summed E-state index contributed by atoms with van der Waals surface area (Å²) in [5.41, 5.74) is 2.41. The van der Waals surface area contributed by atoms with Gasteiger partial charge in [-0.05, 0) is 19.1 Å². The normalized spacial score (nSPS) is 13.1. The van der Waals surface area contributed by atoms with E-state index in [0.717, 1.165) is 21.8 Å². The van der Waals surface area contributed by atoms with E-state index in [2.05, 4.69) is 9.97 Å². The Kier molecular flexibility index (Phi) is 2.27. The maximum atomic E-state index is 9.57. The van der Waals surface area contributed by atoms with Gasteiger partial charge in [0.1, 0.15) is 0 Å². The molecule has 17 heavy (non-hydrogen) atoms. The van der Waals surface area contributed by atoms with Crippen LogP contribution in [-0.2, 0) is 0 Å². The highest BCUT2D eigenvalue weighted by Gasteiger charge is 2.06. The van der Waals surface area contributed by atoms with E-state index in [1.165, 1.54) is 0 Å². The Morgan fingerprint density at radius 3 is 2.47 bits per heavy atom. The standard InChI is InChI=1S/C14H12N2O/c1-9(17)12-7-6-11-5-4-10-3-2-8-15-13(10)14(11)16-12/h2-9,17H,1H3. The van der Waals surface area contributed by atoms with Crippen LogP contribution in [0.25, 0.3) is 21.8 Å². The van der Waals surface area contributed by atoms with Gasteiger partial charge in [0.2, 0.25) is 0 Å². The van der Waals surface area contributed by atoms with E-state index in [1.54, 1.807) is 13.1 Å². The summed E-state index contributed by atoms with van der Waals surface area (Å²) in [6, 6.07) is 11.8. The number of hydrogen-bond acceptors (Lipinski definition) is 3. The zero-order valence-electron chi connectivity index (χ0n) is 9.46. The van der Waals surface area contributed by atoms with E-state index in [-0.39, 0.29) is 0 Å². The Hall–Kier alpha value is -2.00. The van der Waals surface area contributed by atoms with E-state index in [0.29, 0.717) is 5.69 Å². The first-order chi connectivity index (χ1) is 8.25. The molecule has 0 saturated carbocycles. The minimum atomic E-state index is -0.557. The lowest BCUT2D eigenvalue weighted by Gasteiger charge is -2.06. The first kappa shape index (κ1) is 10.2. The Morgan fingerprint density at radius 1 is 1.00 bits per heavy atom. The van der Waals surface area contributed by atoms with Crippen LogP contribution in [0.1, 0.15) is 18.7 Å². The number of fused-ring (bicyclic) bond motifs is 3. The molecule has 0 aliphatic carbocycles. The molecule has 2 aromatic heterocycles. The lowest BCUT2D eigenvalue weighted by Crippen LogP contribution is -1.96. The van der Waals surface area contributed by atoms with Gasteiger partial charge in [-0.15, -0.1) is 0 Å². The number of rotatable bonds is 1. The van der Waals surface area contributed by atoms with Crippen molar-refractivity contribution in [3.63, 3.8) is 0 Å². The summed E-state index contributed by atoms with van der Waals surface area (Å²) in [6.45, 7) is 1.72. The van der Waals surface area contributed by atoms with Crippen molar-refractivity contribution in [1.29, 1.82) is 0 Å². The summed E-state index contributed by atoms with van der Waals surface area (Å²) in [5.74, 6) is 0. The SMILES string of the molecule is CC(O)c1ccc2ccc3cccnc3c2n1. The average Bonchev–Trinajstić information content (AvgIpc) is 2.38. The molecule has 0 spiro atoms. The molecule has 0 amide bonds. The monoisotopic (exact) mass is 224 g/mol. The maximum Gasteiger partial charge on any atom is 0.0969 e. The molecule has 0 bridgehead atoms. The number of pyridine rings is 2. The number of hydrogen-bond donors (Lipinski definition) is 1. The Bertz CT molecular complexity index is 692. The van der Waals surface area contributed by atoms with Gasteiger partial charge in [0.15, 0.2) is 0 Å². The van der Waals surface area contributed by atoms with Crippen molar-refractivity contribution >= 4 is 21.8 Å². The van der Waals surface area contributed by atoms with Crippen molar-refractivity contribution in [2.24, 2.45) is 0 Å². The van der Waals surface area contributed by atoms with Crippen molar-refractivity contribution in [2.45, 2.75) is 13.0 Å². The maximum absolute atomic E-state index is 9.57. The van der Waals surface area contributed by atoms with Gasteiger partial charge < -0.3 is 5.11 Å². The molecular formula is C14H12N2O. The Labute approximate surface area is 98.8 Å².